The molecule has 1 aromatic heterocycles. The van der Waals surface area contributed by atoms with Gasteiger partial charge in [-0.3, -0.25) is 10.2 Å². The number of carbonyl (C=O) groups is 1. The molecule has 0 radical (unpaired) electrons. The second-order valence-electron chi connectivity index (χ2n) is 9.32. The molecule has 3 heterocycles. The quantitative estimate of drug-likeness (QED) is 0.333. The molecule has 3 aromatic carbocycles. The summed E-state index contributed by atoms with van der Waals surface area (Å²) in [5, 5.41) is 17.1. The highest BCUT2D eigenvalue weighted by atomic mass is 32.2. The highest BCUT2D eigenvalue weighted by Crippen LogP contribution is 2.33. The smallest absolute Gasteiger partial charge is 0.283 e. The summed E-state index contributed by atoms with van der Waals surface area (Å²) in [5.41, 5.74) is 7.86. The second-order valence-corrected chi connectivity index (χ2v) is 10.3. The number of nitrogens with one attached hydrogen (secondary N) is 1. The zero-order valence-corrected chi connectivity index (χ0v) is 21.6. The van der Waals surface area contributed by atoms with Gasteiger partial charge in [-0.05, 0) is 55.8 Å². The maximum atomic E-state index is 13.1. The Bertz CT molecular complexity index is 1690. The van der Waals surface area contributed by atoms with Crippen molar-refractivity contribution in [3.8, 4) is 0 Å². The van der Waals surface area contributed by atoms with Crippen molar-refractivity contribution in [2.75, 3.05) is 0 Å². The van der Waals surface area contributed by atoms with E-state index >= 15 is 0 Å². The van der Waals surface area contributed by atoms with Gasteiger partial charge in [0.2, 0.25) is 5.17 Å². The number of amidine groups is 2. The molecule has 1 N–H and O–H groups in total. The number of carbonyl (C=O) groups excluding carboxylic acids is 1. The number of aromatic nitrogens is 1. The van der Waals surface area contributed by atoms with Crippen LogP contribution in [0.2, 0.25) is 0 Å². The van der Waals surface area contributed by atoms with E-state index in [1.807, 2.05) is 49.4 Å². The highest BCUT2D eigenvalue weighted by Gasteiger charge is 2.36. The number of aryl methyl sites for hydroxylation is 2. The average molecular weight is 504 g/mol. The molecule has 0 saturated heterocycles. The number of hydrazone groups is 1. The SMILES string of the molecule is Cc1ccc(C2=NN3C(=N)/C(=C\c4c(C)n(Cc5ccccc5C)c5ccccc45)C(=O)N=C3S2)cc1. The lowest BCUT2D eigenvalue weighted by atomic mass is 10.1. The summed E-state index contributed by atoms with van der Waals surface area (Å²) in [6.07, 6.45) is 1.81. The third-order valence-electron chi connectivity index (χ3n) is 6.91. The summed E-state index contributed by atoms with van der Waals surface area (Å²) in [5.74, 6) is -0.376. The van der Waals surface area contributed by atoms with Crippen molar-refractivity contribution in [3.05, 3.63) is 112 Å². The van der Waals surface area contributed by atoms with Gasteiger partial charge in [-0.15, -0.1) is 0 Å². The molecule has 0 spiro atoms. The van der Waals surface area contributed by atoms with Crippen LogP contribution in [-0.4, -0.2) is 31.5 Å². The molecular weight excluding hydrogens is 478 g/mol. The van der Waals surface area contributed by atoms with Crippen LogP contribution in [-0.2, 0) is 11.3 Å². The summed E-state index contributed by atoms with van der Waals surface area (Å²) in [4.78, 5) is 17.4. The van der Waals surface area contributed by atoms with Crippen LogP contribution in [0.4, 0.5) is 0 Å². The summed E-state index contributed by atoms with van der Waals surface area (Å²) < 4.78 is 2.27. The molecule has 0 atom stereocenters. The number of benzene rings is 3. The van der Waals surface area contributed by atoms with E-state index < -0.39 is 5.91 Å². The molecular formula is C30H25N5OS. The Kier molecular flexibility index (Phi) is 5.65. The number of hydrogen-bond acceptors (Lipinski definition) is 4. The van der Waals surface area contributed by atoms with Crippen molar-refractivity contribution in [1.82, 2.24) is 9.58 Å². The molecule has 6 nitrogen and oxygen atoms in total. The maximum Gasteiger partial charge on any atom is 0.283 e. The second kappa shape index (κ2) is 9.01. The minimum atomic E-state index is -0.417. The minimum Gasteiger partial charge on any atom is -0.340 e. The maximum absolute atomic E-state index is 13.1. The van der Waals surface area contributed by atoms with Crippen molar-refractivity contribution >= 4 is 50.7 Å². The molecule has 7 heteroatoms. The minimum absolute atomic E-state index is 0.0414. The topological polar surface area (TPSA) is 73.8 Å². The van der Waals surface area contributed by atoms with Crippen LogP contribution in [0.1, 0.15) is 33.5 Å². The number of para-hydroxylation sites is 1. The van der Waals surface area contributed by atoms with Gasteiger partial charge in [0.05, 0.1) is 5.57 Å². The highest BCUT2D eigenvalue weighted by molar-refractivity contribution is 8.27. The van der Waals surface area contributed by atoms with Crippen LogP contribution in [0.25, 0.3) is 17.0 Å². The van der Waals surface area contributed by atoms with Gasteiger partial charge >= 0.3 is 0 Å². The molecule has 2 aliphatic rings. The first-order valence-corrected chi connectivity index (χ1v) is 12.9. The van der Waals surface area contributed by atoms with Crippen molar-refractivity contribution in [3.63, 3.8) is 0 Å². The Labute approximate surface area is 219 Å². The van der Waals surface area contributed by atoms with Crippen LogP contribution in [0.15, 0.2) is 88.5 Å². The van der Waals surface area contributed by atoms with E-state index in [0.717, 1.165) is 44.9 Å². The van der Waals surface area contributed by atoms with Gasteiger partial charge in [0.15, 0.2) is 5.84 Å². The van der Waals surface area contributed by atoms with E-state index in [1.165, 1.54) is 27.9 Å². The predicted octanol–water partition coefficient (Wildman–Crippen LogP) is 6.28. The zero-order chi connectivity index (χ0) is 25.7. The number of hydrogen-bond donors (Lipinski definition) is 1. The first kappa shape index (κ1) is 23.2. The summed E-state index contributed by atoms with van der Waals surface area (Å²) in [6.45, 7) is 6.95. The summed E-state index contributed by atoms with van der Waals surface area (Å²) in [6, 6.07) is 24.6. The lowest BCUT2D eigenvalue weighted by Crippen LogP contribution is -2.35. The van der Waals surface area contributed by atoms with Gasteiger partial charge in [-0.2, -0.15) is 15.1 Å². The van der Waals surface area contributed by atoms with E-state index in [-0.39, 0.29) is 11.4 Å². The van der Waals surface area contributed by atoms with Crippen LogP contribution >= 0.6 is 11.8 Å². The predicted molar refractivity (Wildman–Crippen MR) is 152 cm³/mol. The molecule has 1 amide bonds. The summed E-state index contributed by atoms with van der Waals surface area (Å²) in [7, 11) is 0. The van der Waals surface area contributed by atoms with Crippen LogP contribution in [0.5, 0.6) is 0 Å². The average Bonchev–Trinajstić information content (AvgIpc) is 3.43. The van der Waals surface area contributed by atoms with Gasteiger partial charge < -0.3 is 4.57 Å². The fourth-order valence-corrected chi connectivity index (χ4v) is 5.65. The molecule has 37 heavy (non-hydrogen) atoms. The lowest BCUT2D eigenvalue weighted by Gasteiger charge is -2.20. The number of rotatable bonds is 4. The van der Waals surface area contributed by atoms with Gasteiger partial charge in [-0.1, -0.05) is 72.3 Å². The Balaban J connectivity index is 1.41. The van der Waals surface area contributed by atoms with E-state index in [2.05, 4.69) is 58.8 Å². The van der Waals surface area contributed by atoms with E-state index in [4.69, 9.17) is 5.41 Å². The molecule has 0 fully saturated rings. The summed E-state index contributed by atoms with van der Waals surface area (Å²) >= 11 is 1.31. The first-order chi connectivity index (χ1) is 17.9. The molecule has 6 rings (SSSR count). The number of fused-ring (bicyclic) bond motifs is 2. The zero-order valence-electron chi connectivity index (χ0n) is 20.8. The molecule has 0 saturated carbocycles. The van der Waals surface area contributed by atoms with E-state index in [1.54, 1.807) is 6.08 Å². The van der Waals surface area contributed by atoms with Gasteiger partial charge in [-0.25, -0.2) is 0 Å². The molecule has 0 bridgehead atoms. The molecule has 4 aromatic rings. The van der Waals surface area contributed by atoms with E-state index in [0.29, 0.717) is 5.17 Å². The third kappa shape index (κ3) is 4.01. The lowest BCUT2D eigenvalue weighted by molar-refractivity contribution is -0.114. The number of nitrogens with zero attached hydrogens (tertiary/aromatic N) is 4. The Morgan fingerprint density at radius 2 is 1.68 bits per heavy atom. The van der Waals surface area contributed by atoms with Gasteiger partial charge in [0, 0.05) is 34.3 Å². The van der Waals surface area contributed by atoms with Crippen molar-refractivity contribution < 1.29 is 4.79 Å². The molecule has 0 aliphatic carbocycles. The Hall–Kier alpha value is -4.23. The van der Waals surface area contributed by atoms with Crippen LogP contribution in [0.3, 0.4) is 0 Å². The Morgan fingerprint density at radius 1 is 0.946 bits per heavy atom. The molecule has 0 unspecified atom stereocenters. The molecule has 182 valence electrons. The van der Waals surface area contributed by atoms with Gasteiger partial charge in [0.25, 0.3) is 5.91 Å². The normalized spacial score (nSPS) is 16.4. The van der Waals surface area contributed by atoms with Crippen molar-refractivity contribution in [2.45, 2.75) is 27.3 Å². The fourth-order valence-electron chi connectivity index (χ4n) is 4.75. The monoisotopic (exact) mass is 503 g/mol. The van der Waals surface area contributed by atoms with E-state index in [9.17, 15) is 4.79 Å². The number of thioether (sulfide) groups is 1. The Morgan fingerprint density at radius 3 is 2.46 bits per heavy atom. The number of aliphatic imine (C=N–C) groups is 1. The largest absolute Gasteiger partial charge is 0.340 e. The van der Waals surface area contributed by atoms with Gasteiger partial charge in [0.1, 0.15) is 5.04 Å². The first-order valence-electron chi connectivity index (χ1n) is 12.1. The fraction of sp³-hybridized carbons (Fsp3) is 0.133. The standard InChI is InChI=1S/C30H25N5OS/c1-18-12-14-21(15-13-18)29-33-35-27(31)25(28(36)32-30(35)37-29)16-24-20(3)34(26-11-7-6-10-23(24)26)17-22-9-5-4-8-19(22)2/h4-16,31H,17H2,1-3H3/b25-16+,31-27?. The van der Waals surface area contributed by atoms with Crippen molar-refractivity contribution in [1.29, 1.82) is 5.41 Å². The van der Waals surface area contributed by atoms with Crippen LogP contribution in [0, 0.1) is 26.2 Å². The molecule has 2 aliphatic heterocycles. The number of amides is 1. The van der Waals surface area contributed by atoms with Crippen LogP contribution < -0.4 is 0 Å². The third-order valence-corrected chi connectivity index (χ3v) is 7.87. The van der Waals surface area contributed by atoms with Crippen molar-refractivity contribution in [2.24, 2.45) is 10.1 Å².